The smallest absolute Gasteiger partial charge is 0.137 e. The molecule has 0 bridgehead atoms. The van der Waals surface area contributed by atoms with Crippen LogP contribution in [0.15, 0.2) is 35.3 Å². The topological polar surface area (TPSA) is 60.2 Å². The second-order valence-electron chi connectivity index (χ2n) is 3.31. The van der Waals surface area contributed by atoms with E-state index in [0.29, 0.717) is 0 Å². The van der Waals surface area contributed by atoms with E-state index in [1.807, 2.05) is 17.5 Å². The molecule has 16 heavy (non-hydrogen) atoms. The van der Waals surface area contributed by atoms with Crippen molar-refractivity contribution < 1.29 is 4.74 Å². The fourth-order valence-electron chi connectivity index (χ4n) is 1.53. The minimum atomic E-state index is -0.0474. The lowest BCUT2D eigenvalue weighted by Gasteiger charge is -2.15. The normalized spacial score (nSPS) is 12.4. The molecular formula is C11H13N3OS. The number of aromatic nitrogens is 1. The highest BCUT2D eigenvalue weighted by atomic mass is 32.1. The summed E-state index contributed by atoms with van der Waals surface area (Å²) in [4.78, 5) is 4.12. The van der Waals surface area contributed by atoms with E-state index in [0.717, 1.165) is 16.9 Å². The number of pyridine rings is 1. The number of hydrogen-bond acceptors (Lipinski definition) is 5. The summed E-state index contributed by atoms with van der Waals surface area (Å²) in [6.07, 6.45) is 3.45. The highest BCUT2D eigenvalue weighted by Gasteiger charge is 2.13. The van der Waals surface area contributed by atoms with Crippen LogP contribution in [0, 0.1) is 0 Å². The minimum Gasteiger partial charge on any atom is -0.495 e. The molecule has 0 aliphatic carbocycles. The predicted octanol–water partition coefficient (Wildman–Crippen LogP) is 1.70. The lowest BCUT2D eigenvalue weighted by Crippen LogP contribution is -2.28. The van der Waals surface area contributed by atoms with Crippen molar-refractivity contribution in [1.82, 2.24) is 10.4 Å². The molecule has 2 aromatic heterocycles. The Balaban J connectivity index is 2.33. The highest BCUT2D eigenvalue weighted by Crippen LogP contribution is 2.24. The molecule has 3 N–H and O–H groups in total. The summed E-state index contributed by atoms with van der Waals surface area (Å²) in [5, 5.41) is 4.08. The van der Waals surface area contributed by atoms with E-state index in [-0.39, 0.29) is 6.04 Å². The van der Waals surface area contributed by atoms with Crippen LogP contribution in [0.2, 0.25) is 0 Å². The molecule has 2 heterocycles. The average Bonchev–Trinajstić information content (AvgIpc) is 2.84. The van der Waals surface area contributed by atoms with Gasteiger partial charge >= 0.3 is 0 Å². The molecule has 0 amide bonds. The zero-order valence-electron chi connectivity index (χ0n) is 8.88. The maximum atomic E-state index is 5.57. The molecule has 1 unspecified atom stereocenters. The highest BCUT2D eigenvalue weighted by molar-refractivity contribution is 7.08. The minimum absolute atomic E-state index is 0.0474. The van der Waals surface area contributed by atoms with Crippen LogP contribution in [0.5, 0.6) is 5.75 Å². The van der Waals surface area contributed by atoms with E-state index >= 15 is 0 Å². The number of thiophene rings is 1. The molecule has 2 aromatic rings. The number of rotatable bonds is 4. The van der Waals surface area contributed by atoms with E-state index < -0.39 is 0 Å². The fraction of sp³-hybridized carbons (Fsp3) is 0.182. The Hall–Kier alpha value is -1.43. The molecule has 0 saturated carbocycles. The van der Waals surface area contributed by atoms with Gasteiger partial charge in [-0.1, -0.05) is 0 Å². The number of hydrogen-bond donors (Lipinski definition) is 2. The van der Waals surface area contributed by atoms with E-state index in [9.17, 15) is 0 Å². The maximum Gasteiger partial charge on any atom is 0.137 e. The van der Waals surface area contributed by atoms with Gasteiger partial charge in [-0.05, 0) is 34.0 Å². The molecule has 84 valence electrons. The molecule has 0 saturated heterocycles. The van der Waals surface area contributed by atoms with Gasteiger partial charge in [-0.3, -0.25) is 10.8 Å². The van der Waals surface area contributed by atoms with Crippen LogP contribution in [0.25, 0.3) is 0 Å². The third-order valence-electron chi connectivity index (χ3n) is 2.35. The van der Waals surface area contributed by atoms with Crippen LogP contribution < -0.4 is 16.0 Å². The summed E-state index contributed by atoms with van der Waals surface area (Å²) in [5.74, 6) is 6.30. The molecule has 0 aliphatic heterocycles. The first-order valence-electron chi connectivity index (χ1n) is 4.82. The first kappa shape index (κ1) is 11.1. The Morgan fingerprint density at radius 3 is 2.94 bits per heavy atom. The zero-order chi connectivity index (χ0) is 11.4. The van der Waals surface area contributed by atoms with Crippen molar-refractivity contribution in [1.29, 1.82) is 0 Å². The van der Waals surface area contributed by atoms with Gasteiger partial charge in [-0.15, -0.1) is 0 Å². The number of hydrazine groups is 1. The van der Waals surface area contributed by atoms with Crippen molar-refractivity contribution >= 4 is 11.3 Å². The van der Waals surface area contributed by atoms with Gasteiger partial charge in [0.25, 0.3) is 0 Å². The first-order chi connectivity index (χ1) is 7.85. The van der Waals surface area contributed by atoms with Gasteiger partial charge in [0.05, 0.1) is 19.3 Å². The van der Waals surface area contributed by atoms with Crippen LogP contribution >= 0.6 is 11.3 Å². The van der Waals surface area contributed by atoms with Crippen molar-refractivity contribution in [3.8, 4) is 5.75 Å². The molecule has 0 fully saturated rings. The van der Waals surface area contributed by atoms with Crippen LogP contribution in [0.4, 0.5) is 0 Å². The number of ether oxygens (including phenoxy) is 1. The van der Waals surface area contributed by atoms with Gasteiger partial charge in [-0.25, -0.2) is 5.43 Å². The van der Waals surface area contributed by atoms with Crippen molar-refractivity contribution in [3.05, 3.63) is 46.4 Å². The van der Waals surface area contributed by atoms with Gasteiger partial charge in [-0.2, -0.15) is 11.3 Å². The SMILES string of the molecule is COc1cncc(C(NN)c2ccsc2)c1. The third-order valence-corrected chi connectivity index (χ3v) is 3.05. The third kappa shape index (κ3) is 2.21. The van der Waals surface area contributed by atoms with Gasteiger partial charge in [0.1, 0.15) is 5.75 Å². The Bertz CT molecular complexity index is 444. The number of methoxy groups -OCH3 is 1. The van der Waals surface area contributed by atoms with Crippen molar-refractivity contribution in [3.63, 3.8) is 0 Å². The van der Waals surface area contributed by atoms with Crippen LogP contribution in [-0.2, 0) is 0 Å². The molecule has 0 spiro atoms. The van der Waals surface area contributed by atoms with Gasteiger partial charge in [0.15, 0.2) is 0 Å². The van der Waals surface area contributed by atoms with Crippen molar-refractivity contribution in [2.24, 2.45) is 5.84 Å². The van der Waals surface area contributed by atoms with Gasteiger partial charge in [0, 0.05) is 6.20 Å². The Morgan fingerprint density at radius 1 is 1.44 bits per heavy atom. The Kier molecular flexibility index (Phi) is 3.51. The van der Waals surface area contributed by atoms with Crippen LogP contribution in [0.1, 0.15) is 17.2 Å². The first-order valence-corrected chi connectivity index (χ1v) is 5.76. The van der Waals surface area contributed by atoms with Crippen LogP contribution in [0.3, 0.4) is 0 Å². The summed E-state index contributed by atoms with van der Waals surface area (Å²) in [6, 6.07) is 3.91. The van der Waals surface area contributed by atoms with Gasteiger partial charge < -0.3 is 4.74 Å². The number of nitrogens with one attached hydrogen (secondary N) is 1. The maximum absolute atomic E-state index is 5.57. The quantitative estimate of drug-likeness (QED) is 0.625. The largest absolute Gasteiger partial charge is 0.495 e. The zero-order valence-corrected chi connectivity index (χ0v) is 9.70. The second kappa shape index (κ2) is 5.07. The summed E-state index contributed by atoms with van der Waals surface area (Å²) in [5.41, 5.74) is 4.90. The number of nitrogens with zero attached hydrogens (tertiary/aromatic N) is 1. The lowest BCUT2D eigenvalue weighted by molar-refractivity contribution is 0.411. The summed E-state index contributed by atoms with van der Waals surface area (Å²) < 4.78 is 5.14. The molecule has 0 aromatic carbocycles. The van der Waals surface area contributed by atoms with E-state index in [2.05, 4.69) is 15.8 Å². The number of nitrogens with two attached hydrogens (primary N) is 1. The summed E-state index contributed by atoms with van der Waals surface area (Å²) in [6.45, 7) is 0. The van der Waals surface area contributed by atoms with E-state index in [1.54, 1.807) is 30.8 Å². The second-order valence-corrected chi connectivity index (χ2v) is 4.09. The average molecular weight is 235 g/mol. The molecule has 4 nitrogen and oxygen atoms in total. The van der Waals surface area contributed by atoms with Crippen molar-refractivity contribution in [2.75, 3.05) is 7.11 Å². The molecule has 5 heteroatoms. The summed E-state index contributed by atoms with van der Waals surface area (Å²) in [7, 11) is 1.62. The molecule has 2 rings (SSSR count). The summed E-state index contributed by atoms with van der Waals surface area (Å²) >= 11 is 1.64. The van der Waals surface area contributed by atoms with Gasteiger partial charge in [0.2, 0.25) is 0 Å². The lowest BCUT2D eigenvalue weighted by atomic mass is 10.0. The van der Waals surface area contributed by atoms with Crippen molar-refractivity contribution in [2.45, 2.75) is 6.04 Å². The van der Waals surface area contributed by atoms with E-state index in [4.69, 9.17) is 10.6 Å². The van der Waals surface area contributed by atoms with E-state index in [1.165, 1.54) is 0 Å². The molecule has 1 atom stereocenters. The molecular weight excluding hydrogens is 222 g/mol. The Morgan fingerprint density at radius 2 is 2.31 bits per heavy atom. The van der Waals surface area contributed by atoms with Crippen LogP contribution in [-0.4, -0.2) is 12.1 Å². The predicted molar refractivity (Wildman–Crippen MR) is 64.3 cm³/mol. The monoisotopic (exact) mass is 235 g/mol. The standard InChI is InChI=1S/C11H13N3OS/c1-15-10-4-9(5-13-6-10)11(14-12)8-2-3-16-7-8/h2-7,11,14H,12H2,1H3. The Labute approximate surface area is 98.1 Å². The molecule has 0 radical (unpaired) electrons. The molecule has 0 aliphatic rings. The fourth-order valence-corrected chi connectivity index (χ4v) is 2.22.